The van der Waals surface area contributed by atoms with Gasteiger partial charge in [0.05, 0.1) is 18.6 Å². The third-order valence-electron chi connectivity index (χ3n) is 2.59. The molecule has 0 radical (unpaired) electrons. The predicted molar refractivity (Wildman–Crippen MR) is 67.0 cm³/mol. The van der Waals surface area contributed by atoms with Gasteiger partial charge in [0.2, 0.25) is 0 Å². The van der Waals surface area contributed by atoms with Gasteiger partial charge in [-0.15, -0.1) is 0 Å². The molecule has 2 aromatic rings. The van der Waals surface area contributed by atoms with Crippen molar-refractivity contribution in [3.63, 3.8) is 0 Å². The van der Waals surface area contributed by atoms with Gasteiger partial charge in [-0.2, -0.15) is 0 Å². The smallest absolute Gasteiger partial charge is 0.319 e. The minimum Gasteiger partial charge on any atom is -0.472 e. The lowest BCUT2D eigenvalue weighted by molar-refractivity contribution is 0.174. The summed E-state index contributed by atoms with van der Waals surface area (Å²) < 4.78 is 31.4. The number of halogens is 2. The van der Waals surface area contributed by atoms with Crippen LogP contribution in [-0.2, 0) is 0 Å². The summed E-state index contributed by atoms with van der Waals surface area (Å²) in [6.45, 7) is -0.124. The molecule has 0 saturated heterocycles. The van der Waals surface area contributed by atoms with Gasteiger partial charge in [0.15, 0.2) is 0 Å². The zero-order valence-electron chi connectivity index (χ0n) is 10.3. The summed E-state index contributed by atoms with van der Waals surface area (Å²) in [5.74, 6) is -1.76. The fourth-order valence-electron chi connectivity index (χ4n) is 1.55. The van der Waals surface area contributed by atoms with Gasteiger partial charge in [-0.25, -0.2) is 13.6 Å². The number of aliphatic hydroxyl groups is 1. The van der Waals surface area contributed by atoms with E-state index in [1.807, 2.05) is 5.32 Å². The van der Waals surface area contributed by atoms with Gasteiger partial charge >= 0.3 is 6.03 Å². The highest BCUT2D eigenvalue weighted by atomic mass is 19.1. The SMILES string of the molecule is O=C(NCC(O)c1ccoc1)Nc1c(F)cccc1F. The third-order valence-corrected chi connectivity index (χ3v) is 2.59. The molecule has 0 fully saturated rings. The van der Waals surface area contributed by atoms with Gasteiger partial charge in [-0.05, 0) is 18.2 Å². The van der Waals surface area contributed by atoms with E-state index in [0.717, 1.165) is 12.1 Å². The van der Waals surface area contributed by atoms with Crippen LogP contribution >= 0.6 is 0 Å². The lowest BCUT2D eigenvalue weighted by Crippen LogP contribution is -2.32. The van der Waals surface area contributed by atoms with E-state index >= 15 is 0 Å². The molecule has 0 aliphatic heterocycles. The van der Waals surface area contributed by atoms with Crippen molar-refractivity contribution in [3.8, 4) is 0 Å². The Morgan fingerprint density at radius 3 is 2.60 bits per heavy atom. The van der Waals surface area contributed by atoms with E-state index in [1.165, 1.54) is 18.6 Å². The summed E-state index contributed by atoms with van der Waals surface area (Å²) in [6, 6.07) is 3.96. The van der Waals surface area contributed by atoms with E-state index in [1.54, 1.807) is 6.07 Å². The molecule has 20 heavy (non-hydrogen) atoms. The summed E-state index contributed by atoms with van der Waals surface area (Å²) in [5.41, 5.74) is -0.0508. The van der Waals surface area contributed by atoms with Gasteiger partial charge < -0.3 is 20.2 Å². The average Bonchev–Trinajstić information content (AvgIpc) is 2.94. The van der Waals surface area contributed by atoms with Crippen LogP contribution in [-0.4, -0.2) is 17.7 Å². The van der Waals surface area contributed by atoms with Crippen LogP contribution in [0.2, 0.25) is 0 Å². The second-order valence-electron chi connectivity index (χ2n) is 4.00. The Morgan fingerprint density at radius 2 is 2.00 bits per heavy atom. The van der Waals surface area contributed by atoms with E-state index in [0.29, 0.717) is 5.56 Å². The number of amides is 2. The Kier molecular flexibility index (Phi) is 4.31. The number of anilines is 1. The van der Waals surface area contributed by atoms with Gasteiger partial charge in [0, 0.05) is 12.1 Å². The molecule has 106 valence electrons. The number of nitrogens with one attached hydrogen (secondary N) is 2. The van der Waals surface area contributed by atoms with Crippen LogP contribution in [0.4, 0.5) is 19.3 Å². The first-order chi connectivity index (χ1) is 9.58. The number of furan rings is 1. The van der Waals surface area contributed by atoms with Crippen molar-refractivity contribution >= 4 is 11.7 Å². The molecule has 2 amide bonds. The number of hydrogen-bond donors (Lipinski definition) is 3. The first-order valence-corrected chi connectivity index (χ1v) is 5.77. The number of aliphatic hydroxyl groups excluding tert-OH is 1. The monoisotopic (exact) mass is 282 g/mol. The number of rotatable bonds is 4. The Bertz CT molecular complexity index is 567. The van der Waals surface area contributed by atoms with Crippen LogP contribution in [0.1, 0.15) is 11.7 Å². The van der Waals surface area contributed by atoms with Gasteiger partial charge in [0.25, 0.3) is 0 Å². The molecule has 1 heterocycles. The Morgan fingerprint density at radius 1 is 1.30 bits per heavy atom. The quantitative estimate of drug-likeness (QED) is 0.806. The molecule has 0 bridgehead atoms. The maximum atomic E-state index is 13.3. The van der Waals surface area contributed by atoms with Crippen LogP contribution in [0.3, 0.4) is 0 Å². The summed E-state index contributed by atoms with van der Waals surface area (Å²) in [5, 5.41) is 14.0. The Hall–Kier alpha value is -2.41. The van der Waals surface area contributed by atoms with E-state index < -0.39 is 29.5 Å². The Balaban J connectivity index is 1.90. The van der Waals surface area contributed by atoms with Gasteiger partial charge in [-0.3, -0.25) is 0 Å². The van der Waals surface area contributed by atoms with Gasteiger partial charge in [-0.1, -0.05) is 6.07 Å². The number of urea groups is 1. The van der Waals surface area contributed by atoms with Gasteiger partial charge in [0.1, 0.15) is 17.3 Å². The number of para-hydroxylation sites is 1. The molecule has 7 heteroatoms. The molecule has 5 nitrogen and oxygen atoms in total. The molecule has 2 rings (SSSR count). The number of hydrogen-bond acceptors (Lipinski definition) is 3. The summed E-state index contributed by atoms with van der Waals surface area (Å²) in [7, 11) is 0. The normalized spacial score (nSPS) is 11.9. The highest BCUT2D eigenvalue weighted by Crippen LogP contribution is 2.17. The molecule has 1 atom stereocenters. The van der Waals surface area contributed by atoms with Crippen molar-refractivity contribution in [2.45, 2.75) is 6.10 Å². The molecule has 1 aromatic carbocycles. The number of benzene rings is 1. The highest BCUT2D eigenvalue weighted by molar-refractivity contribution is 5.89. The summed E-state index contributed by atoms with van der Waals surface area (Å²) >= 11 is 0. The third kappa shape index (κ3) is 3.33. The molecule has 0 saturated carbocycles. The largest absolute Gasteiger partial charge is 0.472 e. The van der Waals surface area contributed by atoms with Crippen LogP contribution < -0.4 is 10.6 Å². The topological polar surface area (TPSA) is 74.5 Å². The number of carbonyl (C=O) groups excluding carboxylic acids is 1. The standard InChI is InChI=1S/C13H12F2N2O3/c14-9-2-1-3-10(15)12(9)17-13(19)16-6-11(18)8-4-5-20-7-8/h1-5,7,11,18H,6H2,(H2,16,17,19). The second-order valence-corrected chi connectivity index (χ2v) is 4.00. The zero-order valence-corrected chi connectivity index (χ0v) is 10.3. The molecular formula is C13H12F2N2O3. The van der Waals surface area contributed by atoms with Crippen LogP contribution in [0.15, 0.2) is 41.2 Å². The van der Waals surface area contributed by atoms with E-state index in [9.17, 15) is 18.7 Å². The van der Waals surface area contributed by atoms with Crippen molar-refractivity contribution in [3.05, 3.63) is 54.0 Å². The van der Waals surface area contributed by atoms with Crippen molar-refractivity contribution in [1.82, 2.24) is 5.32 Å². The number of carbonyl (C=O) groups is 1. The average molecular weight is 282 g/mol. The molecule has 1 aromatic heterocycles. The van der Waals surface area contributed by atoms with Crippen LogP contribution in [0.5, 0.6) is 0 Å². The van der Waals surface area contributed by atoms with Crippen molar-refractivity contribution < 1.29 is 23.1 Å². The first-order valence-electron chi connectivity index (χ1n) is 5.77. The van der Waals surface area contributed by atoms with E-state index in [4.69, 9.17) is 4.42 Å². The predicted octanol–water partition coefficient (Wildman–Crippen LogP) is 2.41. The zero-order chi connectivity index (χ0) is 14.5. The summed E-state index contributed by atoms with van der Waals surface area (Å²) in [6.07, 6.45) is 1.75. The summed E-state index contributed by atoms with van der Waals surface area (Å²) in [4.78, 5) is 11.5. The maximum absolute atomic E-state index is 13.3. The maximum Gasteiger partial charge on any atom is 0.319 e. The van der Waals surface area contributed by atoms with E-state index in [-0.39, 0.29) is 6.54 Å². The molecule has 0 aliphatic carbocycles. The van der Waals surface area contributed by atoms with Crippen LogP contribution in [0.25, 0.3) is 0 Å². The molecule has 3 N–H and O–H groups in total. The second kappa shape index (κ2) is 6.16. The minimum atomic E-state index is -0.968. The van der Waals surface area contributed by atoms with Crippen molar-refractivity contribution in [2.24, 2.45) is 0 Å². The molecular weight excluding hydrogens is 270 g/mol. The fraction of sp³-hybridized carbons (Fsp3) is 0.154. The first kappa shape index (κ1) is 14.0. The Labute approximate surface area is 113 Å². The lowest BCUT2D eigenvalue weighted by Gasteiger charge is -2.12. The molecule has 0 aliphatic rings. The highest BCUT2D eigenvalue weighted by Gasteiger charge is 2.14. The van der Waals surface area contributed by atoms with E-state index in [2.05, 4.69) is 5.32 Å². The lowest BCUT2D eigenvalue weighted by atomic mass is 10.2. The van der Waals surface area contributed by atoms with Crippen molar-refractivity contribution in [2.75, 3.05) is 11.9 Å². The van der Waals surface area contributed by atoms with Crippen LogP contribution in [0, 0.1) is 11.6 Å². The minimum absolute atomic E-state index is 0.124. The molecule has 1 unspecified atom stereocenters. The molecule has 0 spiro atoms. The fourth-order valence-corrected chi connectivity index (χ4v) is 1.55. The van der Waals surface area contributed by atoms with Crippen molar-refractivity contribution in [1.29, 1.82) is 0 Å².